The van der Waals surface area contributed by atoms with Crippen molar-refractivity contribution in [3.63, 3.8) is 0 Å². The van der Waals surface area contributed by atoms with E-state index in [9.17, 15) is 14.0 Å². The number of nitrogens with zero attached hydrogens (tertiary/aromatic N) is 3. The summed E-state index contributed by atoms with van der Waals surface area (Å²) < 4.78 is 24.5. The molecule has 1 aliphatic carbocycles. The standard InChI is InChI=1S/C18H20FN5O4/c1-2-24(8-14-22-17(28-23-14)10-4-3-5-10)18(26)20-11-6-12(19)16-13(7-11)21-15(25)9-27-16/h6-7,10H,2-5,8-9H2,1H3,(H,20,26)(H,21,25). The number of amides is 3. The second-order valence-corrected chi connectivity index (χ2v) is 6.79. The molecule has 0 radical (unpaired) electrons. The van der Waals surface area contributed by atoms with E-state index in [0.717, 1.165) is 25.3 Å². The molecule has 2 N–H and O–H groups in total. The van der Waals surface area contributed by atoms with Crippen molar-refractivity contribution in [2.24, 2.45) is 0 Å². The first-order valence-corrected chi connectivity index (χ1v) is 9.18. The monoisotopic (exact) mass is 389 g/mol. The number of hydrogen-bond acceptors (Lipinski definition) is 6. The summed E-state index contributed by atoms with van der Waals surface area (Å²) in [7, 11) is 0. The zero-order chi connectivity index (χ0) is 19.7. The molecule has 9 nitrogen and oxygen atoms in total. The van der Waals surface area contributed by atoms with Crippen molar-refractivity contribution >= 4 is 23.3 Å². The molecule has 148 valence electrons. The van der Waals surface area contributed by atoms with Crippen LogP contribution in [0.4, 0.5) is 20.6 Å². The van der Waals surface area contributed by atoms with Crippen LogP contribution in [0.25, 0.3) is 0 Å². The van der Waals surface area contributed by atoms with Gasteiger partial charge >= 0.3 is 6.03 Å². The third-order valence-electron chi connectivity index (χ3n) is 4.86. The summed E-state index contributed by atoms with van der Waals surface area (Å²) in [6, 6.07) is 2.15. The van der Waals surface area contributed by atoms with Crippen LogP contribution >= 0.6 is 0 Å². The SMILES string of the molecule is CCN(Cc1noc(C2CCC2)n1)C(=O)Nc1cc(F)c2c(c1)NC(=O)CO2. The first-order chi connectivity index (χ1) is 13.5. The highest BCUT2D eigenvalue weighted by Crippen LogP contribution is 2.35. The van der Waals surface area contributed by atoms with Gasteiger partial charge in [0.15, 0.2) is 24.0 Å². The summed E-state index contributed by atoms with van der Waals surface area (Å²) >= 11 is 0. The van der Waals surface area contributed by atoms with Gasteiger partial charge in [0.05, 0.1) is 12.2 Å². The molecule has 4 rings (SSSR count). The quantitative estimate of drug-likeness (QED) is 0.814. The number of carbonyl (C=O) groups is 2. The van der Waals surface area contributed by atoms with Gasteiger partial charge in [-0.1, -0.05) is 11.6 Å². The molecule has 2 aliphatic rings. The normalized spacial score (nSPS) is 15.9. The molecule has 1 aliphatic heterocycles. The van der Waals surface area contributed by atoms with Gasteiger partial charge in [0, 0.05) is 24.2 Å². The number of aromatic nitrogens is 2. The second kappa shape index (κ2) is 7.45. The average Bonchev–Trinajstić information content (AvgIpc) is 3.05. The summed E-state index contributed by atoms with van der Waals surface area (Å²) in [6.45, 7) is 2.14. The molecule has 0 atom stereocenters. The van der Waals surface area contributed by atoms with E-state index in [1.165, 1.54) is 11.0 Å². The molecule has 2 aromatic rings. The predicted octanol–water partition coefficient (Wildman–Crippen LogP) is 2.86. The highest BCUT2D eigenvalue weighted by molar-refractivity contribution is 5.97. The van der Waals surface area contributed by atoms with E-state index in [4.69, 9.17) is 9.26 Å². The fraction of sp³-hybridized carbons (Fsp3) is 0.444. The van der Waals surface area contributed by atoms with Crippen molar-refractivity contribution in [3.8, 4) is 5.75 Å². The molecule has 0 bridgehead atoms. The Morgan fingerprint density at radius 3 is 2.96 bits per heavy atom. The molecule has 28 heavy (non-hydrogen) atoms. The highest BCUT2D eigenvalue weighted by Gasteiger charge is 2.26. The van der Waals surface area contributed by atoms with Gasteiger partial charge in [-0.3, -0.25) is 4.79 Å². The Balaban J connectivity index is 1.44. The van der Waals surface area contributed by atoms with Gasteiger partial charge in [0.2, 0.25) is 5.89 Å². The molecule has 0 spiro atoms. The van der Waals surface area contributed by atoms with Gasteiger partial charge in [-0.05, 0) is 25.8 Å². The number of benzene rings is 1. The highest BCUT2D eigenvalue weighted by atomic mass is 19.1. The molecular weight excluding hydrogens is 369 g/mol. The lowest BCUT2D eigenvalue weighted by atomic mass is 9.85. The lowest BCUT2D eigenvalue weighted by molar-refractivity contribution is -0.118. The zero-order valence-corrected chi connectivity index (χ0v) is 15.3. The first-order valence-electron chi connectivity index (χ1n) is 9.18. The molecule has 3 amide bonds. The summed E-state index contributed by atoms with van der Waals surface area (Å²) in [5.41, 5.74) is 0.381. The topological polar surface area (TPSA) is 110 Å². The minimum absolute atomic E-state index is 0.0414. The van der Waals surface area contributed by atoms with E-state index >= 15 is 0 Å². The molecule has 0 saturated heterocycles. The number of urea groups is 1. The van der Waals surface area contributed by atoms with Crippen LogP contribution < -0.4 is 15.4 Å². The van der Waals surface area contributed by atoms with Crippen molar-refractivity contribution in [2.75, 3.05) is 23.8 Å². The number of rotatable bonds is 5. The number of nitrogens with one attached hydrogen (secondary N) is 2. The maximum Gasteiger partial charge on any atom is 0.322 e. The largest absolute Gasteiger partial charge is 0.478 e. The molecule has 1 saturated carbocycles. The second-order valence-electron chi connectivity index (χ2n) is 6.79. The summed E-state index contributed by atoms with van der Waals surface area (Å²) in [6.07, 6.45) is 3.25. The Bertz CT molecular complexity index is 911. The maximum absolute atomic E-state index is 14.2. The predicted molar refractivity (Wildman–Crippen MR) is 96.5 cm³/mol. The van der Waals surface area contributed by atoms with Crippen LogP contribution in [0.5, 0.6) is 5.75 Å². The molecule has 1 aromatic heterocycles. The van der Waals surface area contributed by atoms with Crippen LogP contribution in [0.15, 0.2) is 16.7 Å². The number of hydrogen-bond donors (Lipinski definition) is 2. The summed E-state index contributed by atoms with van der Waals surface area (Å²) in [5.74, 6) is 0.270. The van der Waals surface area contributed by atoms with Crippen LogP contribution in [0, 0.1) is 5.82 Å². The molecule has 10 heteroatoms. The third-order valence-corrected chi connectivity index (χ3v) is 4.86. The smallest absolute Gasteiger partial charge is 0.322 e. The number of ether oxygens (including phenoxy) is 1. The van der Waals surface area contributed by atoms with Crippen molar-refractivity contribution in [2.45, 2.75) is 38.6 Å². The van der Waals surface area contributed by atoms with Gasteiger partial charge in [0.25, 0.3) is 5.91 Å². The first kappa shape index (κ1) is 18.2. The van der Waals surface area contributed by atoms with Crippen LogP contribution in [0.1, 0.15) is 43.8 Å². The van der Waals surface area contributed by atoms with Gasteiger partial charge in [-0.15, -0.1) is 0 Å². The van der Waals surface area contributed by atoms with Crippen molar-refractivity contribution in [3.05, 3.63) is 29.7 Å². The molecule has 0 unspecified atom stereocenters. The lowest BCUT2D eigenvalue weighted by Crippen LogP contribution is -2.34. The minimum atomic E-state index is -0.667. The fourth-order valence-electron chi connectivity index (χ4n) is 3.08. The van der Waals surface area contributed by atoms with Crippen LogP contribution in [-0.4, -0.2) is 40.1 Å². The van der Waals surface area contributed by atoms with Crippen molar-refractivity contribution in [1.29, 1.82) is 0 Å². The number of anilines is 2. The van der Waals surface area contributed by atoms with Gasteiger partial charge in [-0.25, -0.2) is 9.18 Å². The van der Waals surface area contributed by atoms with E-state index in [0.29, 0.717) is 24.2 Å². The van der Waals surface area contributed by atoms with E-state index in [-0.39, 0.29) is 36.2 Å². The number of halogens is 1. The maximum atomic E-state index is 14.2. The Morgan fingerprint density at radius 1 is 1.43 bits per heavy atom. The van der Waals surface area contributed by atoms with Crippen LogP contribution in [-0.2, 0) is 11.3 Å². The minimum Gasteiger partial charge on any atom is -0.478 e. The summed E-state index contributed by atoms with van der Waals surface area (Å²) in [5, 5.41) is 9.09. The Labute approximate surface area is 160 Å². The van der Waals surface area contributed by atoms with Gasteiger partial charge in [-0.2, -0.15) is 4.98 Å². The third kappa shape index (κ3) is 3.62. The molecule has 1 fully saturated rings. The Kier molecular flexibility index (Phi) is 4.84. The number of carbonyl (C=O) groups excluding carboxylic acids is 2. The van der Waals surface area contributed by atoms with Crippen molar-refractivity contribution in [1.82, 2.24) is 15.0 Å². The zero-order valence-electron chi connectivity index (χ0n) is 15.3. The average molecular weight is 389 g/mol. The Hall–Kier alpha value is -3.17. The molecule has 1 aromatic carbocycles. The Morgan fingerprint density at radius 2 is 2.25 bits per heavy atom. The molecular formula is C18H20FN5O4. The molecule has 2 heterocycles. The van der Waals surface area contributed by atoms with E-state index in [2.05, 4.69) is 20.8 Å². The van der Waals surface area contributed by atoms with Crippen molar-refractivity contribution < 1.29 is 23.2 Å². The van der Waals surface area contributed by atoms with Crippen LogP contribution in [0.2, 0.25) is 0 Å². The lowest BCUT2D eigenvalue weighted by Gasteiger charge is -2.22. The summed E-state index contributed by atoms with van der Waals surface area (Å²) in [4.78, 5) is 29.9. The van der Waals surface area contributed by atoms with E-state index in [1.807, 2.05) is 6.92 Å². The van der Waals surface area contributed by atoms with E-state index < -0.39 is 11.8 Å². The van der Waals surface area contributed by atoms with E-state index in [1.54, 1.807) is 0 Å². The van der Waals surface area contributed by atoms with Crippen LogP contribution in [0.3, 0.4) is 0 Å². The number of fused-ring (bicyclic) bond motifs is 1. The fourth-order valence-corrected chi connectivity index (χ4v) is 3.08. The van der Waals surface area contributed by atoms with Gasteiger partial charge in [0.1, 0.15) is 0 Å². The van der Waals surface area contributed by atoms with Gasteiger partial charge < -0.3 is 24.8 Å².